The molecule has 33 heavy (non-hydrogen) atoms. The summed E-state index contributed by atoms with van der Waals surface area (Å²) in [5.41, 5.74) is 5.31. The number of carbonyl (C=O) groups is 1. The minimum absolute atomic E-state index is 0.182. The van der Waals surface area contributed by atoms with Gasteiger partial charge in [0.25, 0.3) is 10.1 Å². The maximum atomic E-state index is 13.3. The molecule has 0 radical (unpaired) electrons. The van der Waals surface area contributed by atoms with E-state index in [0.29, 0.717) is 30.0 Å². The standard InChI is InChI=1S/C28H34O4S/c1-33(30,31)32-18-4-5-20-8-10-21(11-9-20)19-28-17-16-24-23-7-3-2-6-22(23)12-13-25(24)26(28)14-15-27(28)29/h2-3,6-11,24-26H,4-5,12-19H2,1H3/t24-,25-,26+,28-/m1/s1. The summed E-state index contributed by atoms with van der Waals surface area (Å²) in [5.74, 6) is 2.25. The van der Waals surface area contributed by atoms with Crippen molar-refractivity contribution in [1.29, 1.82) is 0 Å². The van der Waals surface area contributed by atoms with Crippen molar-refractivity contribution in [2.75, 3.05) is 12.9 Å². The van der Waals surface area contributed by atoms with Gasteiger partial charge in [-0.1, -0.05) is 48.5 Å². The summed E-state index contributed by atoms with van der Waals surface area (Å²) in [6.45, 7) is 0.214. The van der Waals surface area contributed by atoms with Crippen LogP contribution in [0.25, 0.3) is 0 Å². The van der Waals surface area contributed by atoms with Crippen LogP contribution in [0.1, 0.15) is 66.7 Å². The van der Waals surface area contributed by atoms with E-state index in [9.17, 15) is 13.2 Å². The summed E-state index contributed by atoms with van der Waals surface area (Å²) < 4.78 is 27.0. The molecule has 0 bridgehead atoms. The largest absolute Gasteiger partial charge is 0.299 e. The molecule has 0 aliphatic heterocycles. The van der Waals surface area contributed by atoms with Crippen LogP contribution in [0.15, 0.2) is 48.5 Å². The van der Waals surface area contributed by atoms with Crippen molar-refractivity contribution >= 4 is 15.9 Å². The first-order valence-electron chi connectivity index (χ1n) is 12.4. The molecule has 5 heteroatoms. The van der Waals surface area contributed by atoms with E-state index in [1.54, 1.807) is 5.56 Å². The van der Waals surface area contributed by atoms with Gasteiger partial charge < -0.3 is 0 Å². The highest BCUT2D eigenvalue weighted by Gasteiger charge is 2.56. The van der Waals surface area contributed by atoms with E-state index in [1.165, 1.54) is 23.1 Å². The van der Waals surface area contributed by atoms with Crippen molar-refractivity contribution in [3.63, 3.8) is 0 Å². The maximum Gasteiger partial charge on any atom is 0.264 e. The minimum Gasteiger partial charge on any atom is -0.299 e. The van der Waals surface area contributed by atoms with Crippen molar-refractivity contribution in [2.24, 2.45) is 17.3 Å². The van der Waals surface area contributed by atoms with E-state index in [0.717, 1.165) is 51.2 Å². The molecule has 0 N–H and O–H groups in total. The Kier molecular flexibility index (Phi) is 6.21. The smallest absolute Gasteiger partial charge is 0.264 e. The first kappa shape index (κ1) is 22.8. The van der Waals surface area contributed by atoms with Gasteiger partial charge in [0.15, 0.2) is 0 Å². The first-order valence-corrected chi connectivity index (χ1v) is 14.2. The van der Waals surface area contributed by atoms with E-state index >= 15 is 0 Å². The normalized spacial score (nSPS) is 28.8. The van der Waals surface area contributed by atoms with Gasteiger partial charge in [-0.3, -0.25) is 8.98 Å². The second-order valence-electron chi connectivity index (χ2n) is 10.4. The lowest BCUT2D eigenvalue weighted by Gasteiger charge is -2.49. The number of hydrogen-bond acceptors (Lipinski definition) is 4. The van der Waals surface area contributed by atoms with Crippen LogP contribution in [0.5, 0.6) is 0 Å². The van der Waals surface area contributed by atoms with Gasteiger partial charge in [0.2, 0.25) is 0 Å². The molecular formula is C28H34O4S. The van der Waals surface area contributed by atoms with Gasteiger partial charge in [-0.05, 0) is 91.4 Å². The van der Waals surface area contributed by atoms with E-state index < -0.39 is 10.1 Å². The average molecular weight is 467 g/mol. The highest BCUT2D eigenvalue weighted by atomic mass is 32.2. The zero-order chi connectivity index (χ0) is 23.1. The van der Waals surface area contributed by atoms with Crippen LogP contribution in [0.2, 0.25) is 0 Å². The Morgan fingerprint density at radius 2 is 1.73 bits per heavy atom. The van der Waals surface area contributed by atoms with Gasteiger partial charge in [0, 0.05) is 11.8 Å². The quantitative estimate of drug-likeness (QED) is 0.413. The number of ketones is 1. The fraction of sp³-hybridized carbons (Fsp3) is 0.536. The summed E-state index contributed by atoms with van der Waals surface area (Å²) in [4.78, 5) is 13.3. The summed E-state index contributed by atoms with van der Waals surface area (Å²) in [6.07, 6.45) is 9.70. The highest BCUT2D eigenvalue weighted by Crippen LogP contribution is 2.60. The van der Waals surface area contributed by atoms with E-state index in [-0.39, 0.29) is 12.0 Å². The van der Waals surface area contributed by atoms with E-state index in [2.05, 4.69) is 48.5 Å². The Morgan fingerprint density at radius 1 is 0.970 bits per heavy atom. The lowest BCUT2D eigenvalue weighted by atomic mass is 9.53. The van der Waals surface area contributed by atoms with Crippen LogP contribution in [-0.2, 0) is 38.4 Å². The Labute approximate surface area is 197 Å². The van der Waals surface area contributed by atoms with Gasteiger partial charge in [0.05, 0.1) is 12.9 Å². The first-order chi connectivity index (χ1) is 15.9. The van der Waals surface area contributed by atoms with Crippen LogP contribution in [0, 0.1) is 17.3 Å². The minimum atomic E-state index is -3.37. The zero-order valence-corrected chi connectivity index (χ0v) is 20.3. The number of carbonyl (C=O) groups excluding carboxylic acids is 1. The van der Waals surface area contributed by atoms with Crippen molar-refractivity contribution in [2.45, 2.75) is 63.7 Å². The molecule has 0 aromatic heterocycles. The molecule has 4 nitrogen and oxygen atoms in total. The van der Waals surface area contributed by atoms with Crippen molar-refractivity contribution < 1.29 is 17.4 Å². The molecule has 2 fully saturated rings. The lowest BCUT2D eigenvalue weighted by molar-refractivity contribution is -0.130. The van der Waals surface area contributed by atoms with Crippen LogP contribution in [-0.4, -0.2) is 27.1 Å². The number of aryl methyl sites for hydroxylation is 2. The van der Waals surface area contributed by atoms with Crippen LogP contribution in [0.3, 0.4) is 0 Å². The van der Waals surface area contributed by atoms with Crippen molar-refractivity contribution in [3.05, 3.63) is 70.8 Å². The van der Waals surface area contributed by atoms with Crippen molar-refractivity contribution in [1.82, 2.24) is 0 Å². The van der Waals surface area contributed by atoms with Gasteiger partial charge in [-0.25, -0.2) is 0 Å². The molecule has 5 rings (SSSR count). The third-order valence-corrected chi connectivity index (χ3v) is 9.13. The van der Waals surface area contributed by atoms with Crippen LogP contribution in [0.4, 0.5) is 0 Å². The molecule has 0 spiro atoms. The number of hydrogen-bond donors (Lipinski definition) is 0. The molecular weight excluding hydrogens is 432 g/mol. The average Bonchev–Trinajstić information content (AvgIpc) is 3.13. The molecule has 4 atom stereocenters. The molecule has 0 amide bonds. The van der Waals surface area contributed by atoms with Gasteiger partial charge >= 0.3 is 0 Å². The Bertz CT molecular complexity index is 1120. The third kappa shape index (κ3) is 4.54. The van der Waals surface area contributed by atoms with Gasteiger partial charge in [-0.15, -0.1) is 0 Å². The predicted molar refractivity (Wildman–Crippen MR) is 130 cm³/mol. The Hall–Kier alpha value is -1.98. The molecule has 2 aromatic carbocycles. The summed E-state index contributed by atoms with van der Waals surface area (Å²) in [5, 5.41) is 0. The molecule has 0 saturated heterocycles. The maximum absolute atomic E-state index is 13.3. The van der Waals surface area contributed by atoms with Crippen LogP contribution >= 0.6 is 0 Å². The highest BCUT2D eigenvalue weighted by molar-refractivity contribution is 7.85. The van der Waals surface area contributed by atoms with Gasteiger partial charge in [0.1, 0.15) is 5.78 Å². The topological polar surface area (TPSA) is 60.4 Å². The number of Topliss-reactive ketones (excluding diaryl/α,β-unsaturated/α-hetero) is 1. The molecule has 3 aliphatic carbocycles. The SMILES string of the molecule is CS(=O)(=O)OCCCc1ccc(C[C@]23CC[C@@H]4c5ccccc5CC[C@H]4[C@@H]2CCC3=O)cc1. The molecule has 0 unspecified atom stereocenters. The molecule has 2 aromatic rings. The fourth-order valence-corrected chi connectivity index (χ4v) is 7.52. The number of rotatable bonds is 7. The Balaban J connectivity index is 1.28. The van der Waals surface area contributed by atoms with E-state index in [1.807, 2.05) is 0 Å². The Morgan fingerprint density at radius 3 is 2.52 bits per heavy atom. The summed E-state index contributed by atoms with van der Waals surface area (Å²) >= 11 is 0. The molecule has 176 valence electrons. The second-order valence-corrected chi connectivity index (χ2v) is 12.0. The molecule has 0 heterocycles. The number of fused-ring (bicyclic) bond motifs is 5. The molecule has 2 saturated carbocycles. The summed E-state index contributed by atoms with van der Waals surface area (Å²) in [6, 6.07) is 17.6. The third-order valence-electron chi connectivity index (χ3n) is 8.53. The van der Waals surface area contributed by atoms with Crippen molar-refractivity contribution in [3.8, 4) is 0 Å². The van der Waals surface area contributed by atoms with E-state index in [4.69, 9.17) is 4.18 Å². The second kappa shape index (κ2) is 8.99. The lowest BCUT2D eigenvalue weighted by Crippen LogP contribution is -2.45. The number of benzene rings is 2. The fourth-order valence-electron chi connectivity index (χ4n) is 7.10. The summed E-state index contributed by atoms with van der Waals surface area (Å²) in [7, 11) is -3.37. The zero-order valence-electron chi connectivity index (χ0n) is 19.5. The molecule has 3 aliphatic rings. The monoisotopic (exact) mass is 466 g/mol. The van der Waals surface area contributed by atoms with Gasteiger partial charge in [-0.2, -0.15) is 8.42 Å². The predicted octanol–water partition coefficient (Wildman–Crippen LogP) is 5.24. The van der Waals surface area contributed by atoms with Crippen LogP contribution < -0.4 is 0 Å².